The summed E-state index contributed by atoms with van der Waals surface area (Å²) in [5.41, 5.74) is -0.0840. The van der Waals surface area contributed by atoms with Gasteiger partial charge in [0.25, 0.3) is 0 Å². The van der Waals surface area contributed by atoms with Crippen LogP contribution in [-0.2, 0) is 0 Å². The van der Waals surface area contributed by atoms with Crippen molar-refractivity contribution in [1.29, 1.82) is 0 Å². The lowest BCUT2D eigenvalue weighted by molar-refractivity contribution is -0.149. The number of anilines is 1. The number of rotatable bonds is 6. The minimum absolute atomic E-state index is 0.0991. The molecule has 2 aromatic carbocycles. The van der Waals surface area contributed by atoms with E-state index in [1.807, 2.05) is 4.90 Å². The standard InChI is InChI=1S/C26H22F5N5O2/c27-20-21(18-8-16(37)7-13-3-1-2-4-17(13)18)32-9-19-22(20)34-25(38-12-26(30,31)24(28)29)35-23(19)36-10-14-5-6-15(11-36)33-14/h1-4,7-9,14-15,24,33,37H,5-6,10-12H2. The number of aromatic nitrogens is 3. The molecule has 0 radical (unpaired) electrons. The molecule has 12 heteroatoms. The molecule has 2 bridgehead atoms. The number of pyridine rings is 1. The molecule has 2 aromatic heterocycles. The Morgan fingerprint density at radius 1 is 1.08 bits per heavy atom. The minimum atomic E-state index is -4.44. The number of phenolic OH excluding ortho intramolecular Hbond substituents is 1. The minimum Gasteiger partial charge on any atom is -0.508 e. The van der Waals surface area contributed by atoms with Crippen LogP contribution in [0.4, 0.5) is 27.8 Å². The van der Waals surface area contributed by atoms with Gasteiger partial charge in [0.15, 0.2) is 12.4 Å². The summed E-state index contributed by atoms with van der Waals surface area (Å²) in [6, 6.07) is 9.64. The fraction of sp³-hybridized carbons (Fsp3) is 0.346. The van der Waals surface area contributed by atoms with Crippen molar-refractivity contribution < 1.29 is 31.8 Å². The van der Waals surface area contributed by atoms with Gasteiger partial charge in [-0.25, -0.2) is 13.2 Å². The van der Waals surface area contributed by atoms with E-state index in [1.54, 1.807) is 24.3 Å². The number of alkyl halides is 4. The Kier molecular flexibility index (Phi) is 5.93. The Hall–Kier alpha value is -3.80. The molecular formula is C26H22F5N5O2. The highest BCUT2D eigenvalue weighted by molar-refractivity contribution is 5.99. The molecule has 0 amide bonds. The van der Waals surface area contributed by atoms with Crippen LogP contribution in [0.2, 0.25) is 0 Å². The van der Waals surface area contributed by atoms with Crippen LogP contribution in [0.1, 0.15) is 12.8 Å². The first-order valence-corrected chi connectivity index (χ1v) is 12.1. The second-order valence-corrected chi connectivity index (χ2v) is 9.62. The average molecular weight is 531 g/mol. The van der Waals surface area contributed by atoms with Gasteiger partial charge in [-0.1, -0.05) is 24.3 Å². The van der Waals surface area contributed by atoms with Crippen LogP contribution >= 0.6 is 0 Å². The van der Waals surface area contributed by atoms with E-state index >= 15 is 4.39 Å². The van der Waals surface area contributed by atoms with E-state index < -0.39 is 30.8 Å². The molecule has 2 fully saturated rings. The zero-order valence-corrected chi connectivity index (χ0v) is 19.8. The van der Waals surface area contributed by atoms with Crippen LogP contribution in [0.3, 0.4) is 0 Å². The summed E-state index contributed by atoms with van der Waals surface area (Å²) in [6.07, 6.45) is -0.674. The smallest absolute Gasteiger partial charge is 0.340 e. The fourth-order valence-corrected chi connectivity index (χ4v) is 5.20. The SMILES string of the molecule is Oc1cc(-c2ncc3c(N4CC5CCC(C4)N5)nc(OCC(F)(F)C(F)F)nc3c2F)c2ccccc2c1. The van der Waals surface area contributed by atoms with Gasteiger partial charge in [0.1, 0.15) is 22.8 Å². The molecule has 198 valence electrons. The Morgan fingerprint density at radius 2 is 1.82 bits per heavy atom. The first kappa shape index (κ1) is 24.5. The fourth-order valence-electron chi connectivity index (χ4n) is 5.20. The molecule has 38 heavy (non-hydrogen) atoms. The molecular weight excluding hydrogens is 509 g/mol. The monoisotopic (exact) mass is 531 g/mol. The molecule has 2 saturated heterocycles. The molecule has 0 saturated carbocycles. The lowest BCUT2D eigenvalue weighted by Gasteiger charge is -2.34. The van der Waals surface area contributed by atoms with Crippen molar-refractivity contribution in [1.82, 2.24) is 20.3 Å². The number of benzene rings is 2. The summed E-state index contributed by atoms with van der Waals surface area (Å²) >= 11 is 0. The van der Waals surface area contributed by atoms with Gasteiger partial charge in [0, 0.05) is 36.9 Å². The van der Waals surface area contributed by atoms with Crippen molar-refractivity contribution >= 4 is 27.5 Å². The third-order valence-corrected chi connectivity index (χ3v) is 6.97. The zero-order chi connectivity index (χ0) is 26.6. The second-order valence-electron chi connectivity index (χ2n) is 9.62. The maximum absolute atomic E-state index is 16.1. The quantitative estimate of drug-likeness (QED) is 0.342. The third-order valence-electron chi connectivity index (χ3n) is 6.97. The van der Waals surface area contributed by atoms with E-state index in [4.69, 9.17) is 4.74 Å². The number of aromatic hydroxyl groups is 1. The van der Waals surface area contributed by atoms with Crippen LogP contribution in [0.5, 0.6) is 11.8 Å². The van der Waals surface area contributed by atoms with Gasteiger partial charge in [0.2, 0.25) is 0 Å². The van der Waals surface area contributed by atoms with E-state index in [-0.39, 0.29) is 40.2 Å². The number of piperazine rings is 1. The Labute approximate surface area is 213 Å². The molecule has 6 rings (SSSR count). The van der Waals surface area contributed by atoms with Gasteiger partial charge in [-0.15, -0.1) is 0 Å². The number of phenols is 1. The number of nitrogens with one attached hydrogen (secondary N) is 1. The summed E-state index contributed by atoms with van der Waals surface area (Å²) in [6.45, 7) is -0.620. The maximum atomic E-state index is 16.1. The highest BCUT2D eigenvalue weighted by Gasteiger charge is 2.42. The van der Waals surface area contributed by atoms with Gasteiger partial charge in [-0.05, 0) is 35.7 Å². The first-order valence-electron chi connectivity index (χ1n) is 12.1. The van der Waals surface area contributed by atoms with Crippen molar-refractivity contribution in [2.24, 2.45) is 0 Å². The lowest BCUT2D eigenvalue weighted by atomic mass is 10.0. The summed E-state index contributed by atoms with van der Waals surface area (Å²) in [5.74, 6) is -5.19. The van der Waals surface area contributed by atoms with Crippen LogP contribution in [-0.4, -0.2) is 64.2 Å². The third kappa shape index (κ3) is 4.32. The van der Waals surface area contributed by atoms with E-state index in [0.717, 1.165) is 12.8 Å². The average Bonchev–Trinajstić information content (AvgIpc) is 3.24. The Morgan fingerprint density at radius 3 is 2.55 bits per heavy atom. The zero-order valence-electron chi connectivity index (χ0n) is 19.8. The molecule has 7 nitrogen and oxygen atoms in total. The Bertz CT molecular complexity index is 1520. The molecule has 0 spiro atoms. The molecule has 2 aliphatic rings. The number of ether oxygens (including phenoxy) is 1. The van der Waals surface area contributed by atoms with Crippen molar-refractivity contribution in [3.8, 4) is 23.0 Å². The van der Waals surface area contributed by atoms with Gasteiger partial charge in [-0.3, -0.25) is 4.98 Å². The van der Waals surface area contributed by atoms with Crippen LogP contribution < -0.4 is 15.0 Å². The van der Waals surface area contributed by atoms with Crippen molar-refractivity contribution in [3.63, 3.8) is 0 Å². The lowest BCUT2D eigenvalue weighted by Crippen LogP contribution is -2.51. The molecule has 0 aliphatic carbocycles. The van der Waals surface area contributed by atoms with Crippen molar-refractivity contribution in [2.45, 2.75) is 37.3 Å². The largest absolute Gasteiger partial charge is 0.508 e. The predicted octanol–water partition coefficient (Wildman–Crippen LogP) is 4.91. The molecule has 2 unspecified atom stereocenters. The number of fused-ring (bicyclic) bond motifs is 4. The number of hydrogen-bond donors (Lipinski definition) is 2. The molecule has 2 N–H and O–H groups in total. The van der Waals surface area contributed by atoms with Crippen LogP contribution in [0.15, 0.2) is 42.6 Å². The normalized spacial score (nSPS) is 19.6. The topological polar surface area (TPSA) is 83.4 Å². The van der Waals surface area contributed by atoms with E-state index in [1.165, 1.54) is 18.3 Å². The van der Waals surface area contributed by atoms with Crippen LogP contribution in [0, 0.1) is 5.82 Å². The maximum Gasteiger partial charge on any atom is 0.340 e. The van der Waals surface area contributed by atoms with Gasteiger partial charge in [0.05, 0.1) is 5.39 Å². The van der Waals surface area contributed by atoms with Gasteiger partial charge < -0.3 is 20.1 Å². The van der Waals surface area contributed by atoms with Gasteiger partial charge >= 0.3 is 18.4 Å². The second kappa shape index (κ2) is 9.19. The summed E-state index contributed by atoms with van der Waals surface area (Å²) in [5, 5.41) is 15.2. The molecule has 4 aromatic rings. The van der Waals surface area contributed by atoms with E-state index in [0.29, 0.717) is 29.4 Å². The summed E-state index contributed by atoms with van der Waals surface area (Å²) in [4.78, 5) is 14.5. The highest BCUT2D eigenvalue weighted by Crippen LogP contribution is 2.37. The predicted molar refractivity (Wildman–Crippen MR) is 131 cm³/mol. The van der Waals surface area contributed by atoms with E-state index in [9.17, 15) is 22.7 Å². The molecule has 2 atom stereocenters. The van der Waals surface area contributed by atoms with Gasteiger partial charge in [-0.2, -0.15) is 18.7 Å². The van der Waals surface area contributed by atoms with E-state index in [2.05, 4.69) is 20.3 Å². The number of nitrogens with zero attached hydrogens (tertiary/aromatic N) is 4. The summed E-state index contributed by atoms with van der Waals surface area (Å²) < 4.78 is 73.7. The highest BCUT2D eigenvalue weighted by atomic mass is 19.3. The molecule has 2 aliphatic heterocycles. The molecule has 4 heterocycles. The number of halogens is 5. The number of hydrogen-bond acceptors (Lipinski definition) is 7. The van der Waals surface area contributed by atoms with Crippen molar-refractivity contribution in [2.75, 3.05) is 24.6 Å². The summed E-state index contributed by atoms with van der Waals surface area (Å²) in [7, 11) is 0. The van der Waals surface area contributed by atoms with Crippen molar-refractivity contribution in [3.05, 3.63) is 48.4 Å². The first-order chi connectivity index (χ1) is 18.2. The Balaban J connectivity index is 1.50. The van der Waals surface area contributed by atoms with Crippen LogP contribution in [0.25, 0.3) is 32.9 Å².